The van der Waals surface area contributed by atoms with Gasteiger partial charge in [-0.3, -0.25) is 4.79 Å². The molecule has 0 aliphatic carbocycles. The molecular formula is C19H18BrN5O3. The zero-order valence-electron chi connectivity index (χ0n) is 15.2. The maximum atomic E-state index is 12.5. The number of aromatic nitrogens is 4. The van der Waals surface area contributed by atoms with Crippen LogP contribution in [0.25, 0.3) is 11.4 Å². The first-order valence-electron chi connectivity index (χ1n) is 8.74. The lowest BCUT2D eigenvalue weighted by atomic mass is 10.2. The van der Waals surface area contributed by atoms with Crippen molar-refractivity contribution in [2.24, 2.45) is 0 Å². The lowest BCUT2D eigenvalue weighted by molar-refractivity contribution is -0.132. The number of ether oxygens (including phenoxy) is 2. The molecule has 2 aromatic carbocycles. The lowest BCUT2D eigenvalue weighted by Gasteiger charge is -2.29. The van der Waals surface area contributed by atoms with Crippen LogP contribution in [0.2, 0.25) is 0 Å². The van der Waals surface area contributed by atoms with Crippen molar-refractivity contribution in [2.45, 2.75) is 12.6 Å². The van der Waals surface area contributed by atoms with E-state index in [-0.39, 0.29) is 18.6 Å². The monoisotopic (exact) mass is 443 g/mol. The van der Waals surface area contributed by atoms with Crippen molar-refractivity contribution in [1.82, 2.24) is 25.1 Å². The fraction of sp³-hybridized carbons (Fsp3) is 0.263. The summed E-state index contributed by atoms with van der Waals surface area (Å²) in [6, 6.07) is 15.1. The Morgan fingerprint density at radius 2 is 1.96 bits per heavy atom. The number of halogens is 1. The number of para-hydroxylation sites is 2. The minimum absolute atomic E-state index is 0.00416. The van der Waals surface area contributed by atoms with Crippen molar-refractivity contribution < 1.29 is 14.3 Å². The van der Waals surface area contributed by atoms with E-state index in [1.807, 2.05) is 48.5 Å². The third-order valence-corrected chi connectivity index (χ3v) is 4.83. The minimum Gasteiger partial charge on any atom is -0.486 e. The molecule has 3 aromatic rings. The predicted octanol–water partition coefficient (Wildman–Crippen LogP) is 2.40. The largest absolute Gasteiger partial charge is 0.486 e. The molecule has 0 saturated heterocycles. The highest BCUT2D eigenvalue weighted by Crippen LogP contribution is 2.30. The highest BCUT2D eigenvalue weighted by molar-refractivity contribution is 9.10. The molecule has 0 radical (unpaired) electrons. The van der Waals surface area contributed by atoms with Crippen LogP contribution >= 0.6 is 15.9 Å². The van der Waals surface area contributed by atoms with Gasteiger partial charge in [-0.15, -0.1) is 10.2 Å². The summed E-state index contributed by atoms with van der Waals surface area (Å²) in [6.07, 6.45) is -0.231. The molecule has 0 saturated carbocycles. The molecule has 1 amide bonds. The molecular weight excluding hydrogens is 426 g/mol. The van der Waals surface area contributed by atoms with Crippen LogP contribution in [0, 0.1) is 0 Å². The molecule has 0 bridgehead atoms. The molecule has 0 N–H and O–H groups in total. The Kier molecular flexibility index (Phi) is 5.25. The number of carbonyl (C=O) groups excluding carboxylic acids is 1. The smallest absolute Gasteiger partial charge is 0.246 e. The average Bonchev–Trinajstić information content (AvgIpc) is 3.17. The number of likely N-dealkylation sites (N-methyl/N-ethyl adjacent to an activating group) is 1. The number of hydrogen-bond donors (Lipinski definition) is 0. The van der Waals surface area contributed by atoms with Gasteiger partial charge in [0.2, 0.25) is 11.7 Å². The van der Waals surface area contributed by atoms with Gasteiger partial charge in [0.25, 0.3) is 0 Å². The molecule has 1 aliphatic heterocycles. The maximum Gasteiger partial charge on any atom is 0.246 e. The predicted molar refractivity (Wildman–Crippen MR) is 105 cm³/mol. The second-order valence-corrected chi connectivity index (χ2v) is 7.34. The van der Waals surface area contributed by atoms with Gasteiger partial charge in [-0.05, 0) is 41.6 Å². The van der Waals surface area contributed by atoms with Crippen LogP contribution in [0.15, 0.2) is 53.0 Å². The van der Waals surface area contributed by atoms with Crippen molar-refractivity contribution in [3.8, 4) is 22.9 Å². The normalized spacial score (nSPS) is 15.3. The van der Waals surface area contributed by atoms with Crippen molar-refractivity contribution in [1.29, 1.82) is 0 Å². The lowest BCUT2D eigenvalue weighted by Crippen LogP contribution is -2.43. The first-order valence-corrected chi connectivity index (χ1v) is 9.54. The molecule has 8 nitrogen and oxygen atoms in total. The number of rotatable bonds is 5. The molecule has 4 rings (SSSR count). The van der Waals surface area contributed by atoms with Gasteiger partial charge in [-0.1, -0.05) is 28.1 Å². The molecule has 1 aromatic heterocycles. The molecule has 1 atom stereocenters. The van der Waals surface area contributed by atoms with Gasteiger partial charge in [0.05, 0.1) is 6.54 Å². The molecule has 0 fully saturated rings. The third kappa shape index (κ3) is 4.14. The summed E-state index contributed by atoms with van der Waals surface area (Å²) in [5.74, 6) is 1.75. The van der Waals surface area contributed by atoms with Gasteiger partial charge in [0.15, 0.2) is 17.6 Å². The second-order valence-electron chi connectivity index (χ2n) is 6.42. The topological polar surface area (TPSA) is 82.4 Å². The zero-order valence-corrected chi connectivity index (χ0v) is 16.7. The van der Waals surface area contributed by atoms with Crippen LogP contribution < -0.4 is 9.47 Å². The summed E-state index contributed by atoms with van der Waals surface area (Å²) in [6.45, 7) is 0.801. The highest BCUT2D eigenvalue weighted by Gasteiger charge is 2.24. The van der Waals surface area contributed by atoms with Crippen molar-refractivity contribution in [2.75, 3.05) is 20.2 Å². The molecule has 1 unspecified atom stereocenters. The fourth-order valence-electron chi connectivity index (χ4n) is 2.83. The van der Waals surface area contributed by atoms with Crippen LogP contribution in [-0.4, -0.2) is 57.3 Å². The van der Waals surface area contributed by atoms with Gasteiger partial charge in [-0.2, -0.15) is 4.80 Å². The number of benzene rings is 2. The molecule has 144 valence electrons. The van der Waals surface area contributed by atoms with E-state index in [2.05, 4.69) is 31.3 Å². The fourth-order valence-corrected chi connectivity index (χ4v) is 3.09. The summed E-state index contributed by atoms with van der Waals surface area (Å²) in [7, 11) is 1.72. The molecule has 2 heterocycles. The van der Waals surface area contributed by atoms with Gasteiger partial charge in [0, 0.05) is 17.1 Å². The first kappa shape index (κ1) is 18.4. The number of nitrogens with zero attached hydrogens (tertiary/aromatic N) is 5. The van der Waals surface area contributed by atoms with E-state index in [0.29, 0.717) is 24.7 Å². The Morgan fingerprint density at radius 1 is 1.21 bits per heavy atom. The van der Waals surface area contributed by atoms with Crippen molar-refractivity contribution in [3.63, 3.8) is 0 Å². The van der Waals surface area contributed by atoms with E-state index in [4.69, 9.17) is 9.47 Å². The summed E-state index contributed by atoms with van der Waals surface area (Å²) in [4.78, 5) is 15.4. The van der Waals surface area contributed by atoms with E-state index in [0.717, 1.165) is 15.8 Å². The van der Waals surface area contributed by atoms with E-state index in [1.165, 1.54) is 4.80 Å². The first-order chi connectivity index (χ1) is 13.6. The molecule has 0 spiro atoms. The standard InChI is InChI=1S/C19H18BrN5O3/c1-24(10-15-12-27-16-4-2-3-5-17(16)28-15)18(26)11-25-22-19(21-23-25)13-6-8-14(20)9-7-13/h2-9,15H,10-12H2,1H3. The Labute approximate surface area is 170 Å². The maximum absolute atomic E-state index is 12.5. The Hall–Kier alpha value is -2.94. The van der Waals surface area contributed by atoms with E-state index in [1.54, 1.807) is 11.9 Å². The summed E-state index contributed by atoms with van der Waals surface area (Å²) >= 11 is 3.39. The van der Waals surface area contributed by atoms with Gasteiger partial charge in [0.1, 0.15) is 13.2 Å². The average molecular weight is 444 g/mol. The Balaban J connectivity index is 1.34. The van der Waals surface area contributed by atoms with Gasteiger partial charge < -0.3 is 14.4 Å². The van der Waals surface area contributed by atoms with E-state index < -0.39 is 0 Å². The zero-order chi connectivity index (χ0) is 19.5. The van der Waals surface area contributed by atoms with E-state index in [9.17, 15) is 4.79 Å². The SMILES string of the molecule is CN(CC1COc2ccccc2O1)C(=O)Cn1nnc(-c2ccc(Br)cc2)n1. The highest BCUT2D eigenvalue weighted by atomic mass is 79.9. The molecule has 9 heteroatoms. The number of fused-ring (bicyclic) bond motifs is 1. The van der Waals surface area contributed by atoms with Crippen molar-refractivity contribution in [3.05, 3.63) is 53.0 Å². The molecule has 28 heavy (non-hydrogen) atoms. The number of carbonyl (C=O) groups is 1. The summed E-state index contributed by atoms with van der Waals surface area (Å²) < 4.78 is 12.6. The minimum atomic E-state index is -0.231. The summed E-state index contributed by atoms with van der Waals surface area (Å²) in [5, 5.41) is 12.3. The van der Waals surface area contributed by atoms with Crippen LogP contribution in [0.3, 0.4) is 0 Å². The quantitative estimate of drug-likeness (QED) is 0.601. The Morgan fingerprint density at radius 3 is 2.75 bits per heavy atom. The van der Waals surface area contributed by atoms with Crippen LogP contribution in [0.5, 0.6) is 11.5 Å². The van der Waals surface area contributed by atoms with Crippen LogP contribution in [0.4, 0.5) is 0 Å². The van der Waals surface area contributed by atoms with Crippen molar-refractivity contribution >= 4 is 21.8 Å². The number of hydrogen-bond acceptors (Lipinski definition) is 6. The third-order valence-electron chi connectivity index (χ3n) is 4.30. The van der Waals surface area contributed by atoms with E-state index >= 15 is 0 Å². The number of tetrazole rings is 1. The van der Waals surface area contributed by atoms with Crippen LogP contribution in [-0.2, 0) is 11.3 Å². The van der Waals surface area contributed by atoms with Crippen LogP contribution in [0.1, 0.15) is 0 Å². The van der Waals surface area contributed by atoms with Gasteiger partial charge >= 0.3 is 0 Å². The Bertz CT molecular complexity index is 976. The molecule has 1 aliphatic rings. The second kappa shape index (κ2) is 7.97. The summed E-state index contributed by atoms with van der Waals surface area (Å²) in [5.41, 5.74) is 0.835. The number of amides is 1. The van der Waals surface area contributed by atoms with Gasteiger partial charge in [-0.25, -0.2) is 0 Å².